The summed E-state index contributed by atoms with van der Waals surface area (Å²) in [4.78, 5) is 0. The molecular formula is C28H46O2Si. The maximum atomic E-state index is 9.69. The largest absolute Gasteiger partial charge is 0.508 e. The van der Waals surface area contributed by atoms with Crippen molar-refractivity contribution in [1.29, 1.82) is 0 Å². The van der Waals surface area contributed by atoms with Crippen LogP contribution in [0.2, 0.25) is 18.1 Å². The third-order valence-electron chi connectivity index (χ3n) is 6.68. The van der Waals surface area contributed by atoms with Gasteiger partial charge in [0.15, 0.2) is 8.32 Å². The number of phenolic OH excluding ortho intramolecular Hbond substituents is 1. The summed E-state index contributed by atoms with van der Waals surface area (Å²) in [6, 6.07) is 7.53. The molecule has 0 aliphatic heterocycles. The maximum absolute atomic E-state index is 9.69. The number of hydrogen-bond acceptors (Lipinski definition) is 2. The van der Waals surface area contributed by atoms with Gasteiger partial charge in [-0.15, -0.1) is 0 Å². The predicted octanol–water partition coefficient (Wildman–Crippen LogP) is 8.27. The summed E-state index contributed by atoms with van der Waals surface area (Å²) < 4.78 is 7.20. The minimum Gasteiger partial charge on any atom is -0.508 e. The molecule has 1 N–H and O–H groups in total. The van der Waals surface area contributed by atoms with Gasteiger partial charge in [-0.05, 0) is 67.1 Å². The van der Waals surface area contributed by atoms with Crippen molar-refractivity contribution in [2.45, 2.75) is 110 Å². The molecule has 0 heterocycles. The van der Waals surface area contributed by atoms with E-state index in [1.54, 1.807) is 12.1 Å². The summed E-state index contributed by atoms with van der Waals surface area (Å²) in [5.41, 5.74) is 1.66. The monoisotopic (exact) mass is 442 g/mol. The van der Waals surface area contributed by atoms with Crippen molar-refractivity contribution in [3.05, 3.63) is 42.0 Å². The summed E-state index contributed by atoms with van der Waals surface area (Å²) in [6.45, 7) is 22.7. The Balaban J connectivity index is 3.47. The quantitative estimate of drug-likeness (QED) is 0.162. The molecule has 0 aliphatic carbocycles. The van der Waals surface area contributed by atoms with Crippen LogP contribution in [0, 0.1) is 17.8 Å². The van der Waals surface area contributed by atoms with Crippen molar-refractivity contribution in [2.24, 2.45) is 5.92 Å². The molecule has 0 aliphatic rings. The van der Waals surface area contributed by atoms with Gasteiger partial charge in [0.05, 0.1) is 0 Å². The van der Waals surface area contributed by atoms with E-state index in [2.05, 4.69) is 73.1 Å². The van der Waals surface area contributed by atoms with Crippen LogP contribution in [0.25, 0.3) is 0 Å². The molecule has 2 atom stereocenters. The lowest BCUT2D eigenvalue weighted by atomic mass is 9.78. The number of hydrogen-bond donors (Lipinski definition) is 1. The van der Waals surface area contributed by atoms with Crippen LogP contribution in [-0.2, 0) is 10.8 Å². The van der Waals surface area contributed by atoms with Crippen LogP contribution < -0.4 is 0 Å². The van der Waals surface area contributed by atoms with Crippen molar-refractivity contribution < 1.29 is 9.53 Å². The van der Waals surface area contributed by atoms with Gasteiger partial charge in [-0.3, -0.25) is 0 Å². The van der Waals surface area contributed by atoms with Gasteiger partial charge in [-0.2, -0.15) is 0 Å². The van der Waals surface area contributed by atoms with Gasteiger partial charge in [0.25, 0.3) is 0 Å². The van der Waals surface area contributed by atoms with Gasteiger partial charge in [-0.25, -0.2) is 0 Å². The number of aromatic hydroxyl groups is 1. The van der Waals surface area contributed by atoms with Crippen molar-refractivity contribution in [2.75, 3.05) is 0 Å². The van der Waals surface area contributed by atoms with Crippen molar-refractivity contribution in [3.8, 4) is 17.6 Å². The minimum absolute atomic E-state index is 0.0899. The Hall–Kier alpha value is -1.50. The SMILES string of the molecule is C=C(CCCC)C(C#CCCCC)(O[Si](C)(C)C(C)(C)C)C(C)Cc1ccc(O)cc1. The highest BCUT2D eigenvalue weighted by atomic mass is 28.4. The number of phenols is 1. The fraction of sp³-hybridized carbons (Fsp3) is 0.643. The van der Waals surface area contributed by atoms with E-state index in [0.29, 0.717) is 5.75 Å². The summed E-state index contributed by atoms with van der Waals surface area (Å²) >= 11 is 0. The maximum Gasteiger partial charge on any atom is 0.194 e. The first-order valence-corrected chi connectivity index (χ1v) is 15.0. The van der Waals surface area contributed by atoms with E-state index in [1.807, 2.05) is 12.1 Å². The van der Waals surface area contributed by atoms with E-state index in [1.165, 1.54) is 5.56 Å². The highest BCUT2D eigenvalue weighted by Crippen LogP contribution is 2.44. The second-order valence-corrected chi connectivity index (χ2v) is 15.2. The van der Waals surface area contributed by atoms with E-state index < -0.39 is 13.9 Å². The molecule has 0 radical (unpaired) electrons. The predicted molar refractivity (Wildman–Crippen MR) is 138 cm³/mol. The topological polar surface area (TPSA) is 29.5 Å². The Morgan fingerprint density at radius 3 is 2.19 bits per heavy atom. The lowest BCUT2D eigenvalue weighted by Crippen LogP contribution is -2.53. The van der Waals surface area contributed by atoms with Gasteiger partial charge in [0.2, 0.25) is 0 Å². The zero-order valence-corrected chi connectivity index (χ0v) is 22.4. The van der Waals surface area contributed by atoms with Gasteiger partial charge < -0.3 is 9.53 Å². The molecule has 1 aromatic carbocycles. The lowest BCUT2D eigenvalue weighted by Gasteiger charge is -2.47. The smallest absolute Gasteiger partial charge is 0.194 e. The van der Waals surface area contributed by atoms with Gasteiger partial charge in [0, 0.05) is 12.3 Å². The molecule has 2 unspecified atom stereocenters. The van der Waals surface area contributed by atoms with E-state index >= 15 is 0 Å². The molecule has 0 amide bonds. The van der Waals surface area contributed by atoms with E-state index in [0.717, 1.165) is 50.5 Å². The average molecular weight is 443 g/mol. The molecular weight excluding hydrogens is 396 g/mol. The molecule has 31 heavy (non-hydrogen) atoms. The fourth-order valence-corrected chi connectivity index (χ4v) is 4.99. The fourth-order valence-electron chi connectivity index (χ4n) is 3.48. The summed E-state index contributed by atoms with van der Waals surface area (Å²) in [6.07, 6.45) is 7.15. The van der Waals surface area contributed by atoms with E-state index in [4.69, 9.17) is 4.43 Å². The number of benzene rings is 1. The van der Waals surface area contributed by atoms with Crippen molar-refractivity contribution in [1.82, 2.24) is 0 Å². The van der Waals surface area contributed by atoms with Crippen LogP contribution in [0.1, 0.15) is 85.6 Å². The molecule has 0 spiro atoms. The molecule has 174 valence electrons. The second kappa shape index (κ2) is 11.9. The summed E-state index contributed by atoms with van der Waals surface area (Å²) in [5, 5.41) is 9.78. The Morgan fingerprint density at radius 2 is 1.68 bits per heavy atom. The van der Waals surface area contributed by atoms with Gasteiger partial charge in [0.1, 0.15) is 11.4 Å². The average Bonchev–Trinajstić information content (AvgIpc) is 2.69. The second-order valence-electron chi connectivity index (χ2n) is 10.5. The van der Waals surface area contributed by atoms with Crippen LogP contribution in [-0.4, -0.2) is 19.0 Å². The van der Waals surface area contributed by atoms with Gasteiger partial charge in [-0.1, -0.05) is 84.9 Å². The highest BCUT2D eigenvalue weighted by Gasteiger charge is 2.48. The molecule has 1 rings (SSSR count). The molecule has 0 saturated heterocycles. The van der Waals surface area contributed by atoms with Crippen LogP contribution in [0.4, 0.5) is 0 Å². The zero-order chi connectivity index (χ0) is 23.7. The third kappa shape index (κ3) is 7.85. The molecule has 0 bridgehead atoms. The zero-order valence-electron chi connectivity index (χ0n) is 21.4. The first-order chi connectivity index (χ1) is 14.4. The van der Waals surface area contributed by atoms with Crippen molar-refractivity contribution in [3.63, 3.8) is 0 Å². The Labute approximate surface area is 193 Å². The van der Waals surface area contributed by atoms with Crippen molar-refractivity contribution >= 4 is 8.32 Å². The first-order valence-electron chi connectivity index (χ1n) is 12.1. The lowest BCUT2D eigenvalue weighted by molar-refractivity contribution is 0.0882. The summed E-state index contributed by atoms with van der Waals surface area (Å²) in [5.74, 6) is 7.59. The Bertz CT molecular complexity index is 746. The Morgan fingerprint density at radius 1 is 1.10 bits per heavy atom. The van der Waals surface area contributed by atoms with Crippen LogP contribution >= 0.6 is 0 Å². The molecule has 1 aromatic rings. The highest BCUT2D eigenvalue weighted by molar-refractivity contribution is 6.74. The van der Waals surface area contributed by atoms with Crippen LogP contribution in [0.15, 0.2) is 36.4 Å². The molecule has 0 fully saturated rings. The third-order valence-corrected chi connectivity index (χ3v) is 11.1. The Kier molecular flexibility index (Phi) is 10.6. The van der Waals surface area contributed by atoms with Crippen LogP contribution in [0.5, 0.6) is 5.75 Å². The minimum atomic E-state index is -2.10. The molecule has 0 saturated carbocycles. The van der Waals surface area contributed by atoms with Crippen LogP contribution in [0.3, 0.4) is 0 Å². The molecule has 0 aromatic heterocycles. The molecule has 3 heteroatoms. The first kappa shape index (κ1) is 27.5. The molecule has 2 nitrogen and oxygen atoms in total. The number of unbranched alkanes of at least 4 members (excludes halogenated alkanes) is 3. The van der Waals surface area contributed by atoms with Gasteiger partial charge >= 0.3 is 0 Å². The normalized spacial score (nSPS) is 15.0. The number of rotatable bonds is 11. The van der Waals surface area contributed by atoms with E-state index in [-0.39, 0.29) is 11.0 Å². The van der Waals surface area contributed by atoms with E-state index in [9.17, 15) is 5.11 Å². The summed E-state index contributed by atoms with van der Waals surface area (Å²) in [7, 11) is -2.10. The standard InChI is InChI=1S/C28H46O2Si/c1-10-12-14-15-21-28(23(3)16-13-11-2,30-31(8,9)27(5,6)7)24(4)22-25-17-19-26(29)20-18-25/h17-20,24,29H,3,10-14,16,22H2,1-2,4-9H3.